The van der Waals surface area contributed by atoms with Crippen LogP contribution in [0, 0.1) is 11.8 Å². The van der Waals surface area contributed by atoms with Crippen molar-refractivity contribution in [2.75, 3.05) is 13.2 Å². The molecule has 0 unspecified atom stereocenters. The SMILES string of the molecule is CC(C)[C@@]1(C)COC(c2cccc(C3=N[C@@](C)(C(C)C)CO3)n2)=N1.[Cl-].[Cl-].[Cl-].[Fe+3]. The number of ether oxygens (including phenoxy) is 2. The van der Waals surface area contributed by atoms with E-state index in [1.807, 2.05) is 18.2 Å². The van der Waals surface area contributed by atoms with Gasteiger partial charge < -0.3 is 46.7 Å². The van der Waals surface area contributed by atoms with E-state index >= 15 is 0 Å². The van der Waals surface area contributed by atoms with E-state index in [1.54, 1.807) is 0 Å². The Bertz CT molecular complexity index is 660. The van der Waals surface area contributed by atoms with Crippen molar-refractivity contribution >= 4 is 11.8 Å². The number of rotatable bonds is 4. The van der Waals surface area contributed by atoms with Gasteiger partial charge in [0.1, 0.15) is 24.6 Å². The summed E-state index contributed by atoms with van der Waals surface area (Å²) in [5, 5.41) is 0. The van der Waals surface area contributed by atoms with Crippen LogP contribution in [0.4, 0.5) is 0 Å². The predicted octanol–water partition coefficient (Wildman–Crippen LogP) is -5.53. The van der Waals surface area contributed by atoms with Crippen LogP contribution in [0.15, 0.2) is 28.2 Å². The van der Waals surface area contributed by atoms with E-state index in [4.69, 9.17) is 19.5 Å². The van der Waals surface area contributed by atoms with Crippen molar-refractivity contribution in [2.24, 2.45) is 21.8 Å². The summed E-state index contributed by atoms with van der Waals surface area (Å²) in [7, 11) is 0. The van der Waals surface area contributed by atoms with Crippen LogP contribution >= 0.6 is 0 Å². The molecular weight excluding hydrogens is 464 g/mol. The van der Waals surface area contributed by atoms with Crippen molar-refractivity contribution in [2.45, 2.75) is 52.6 Å². The molecule has 1 aromatic heterocycles. The van der Waals surface area contributed by atoms with Gasteiger partial charge in [0.05, 0.1) is 11.1 Å². The first kappa shape index (κ1) is 29.7. The predicted molar refractivity (Wildman–Crippen MR) is 95.7 cm³/mol. The second kappa shape index (κ2) is 11.0. The number of hydrogen-bond donors (Lipinski definition) is 0. The van der Waals surface area contributed by atoms with Gasteiger partial charge in [-0.15, -0.1) is 0 Å². The fourth-order valence-corrected chi connectivity index (χ4v) is 2.55. The minimum Gasteiger partial charge on any atom is -1.00 e. The van der Waals surface area contributed by atoms with Gasteiger partial charge in [-0.1, -0.05) is 33.8 Å². The molecule has 159 valence electrons. The van der Waals surface area contributed by atoms with Gasteiger partial charge >= 0.3 is 17.1 Å². The molecule has 2 atom stereocenters. The monoisotopic (exact) mass is 490 g/mol. The zero-order valence-corrected chi connectivity index (χ0v) is 20.3. The second-order valence-electron chi connectivity index (χ2n) is 7.84. The van der Waals surface area contributed by atoms with Crippen molar-refractivity contribution < 1.29 is 63.8 Å². The Labute approximate surface area is 197 Å². The molecule has 0 amide bonds. The van der Waals surface area contributed by atoms with E-state index in [0.29, 0.717) is 36.8 Å². The number of halogens is 3. The Morgan fingerprint density at radius 3 is 1.43 bits per heavy atom. The summed E-state index contributed by atoms with van der Waals surface area (Å²) < 4.78 is 11.6. The van der Waals surface area contributed by atoms with Crippen LogP contribution in [0.1, 0.15) is 52.9 Å². The molecule has 3 heterocycles. The first-order chi connectivity index (χ1) is 11.2. The van der Waals surface area contributed by atoms with Crippen molar-refractivity contribution in [1.29, 1.82) is 0 Å². The third kappa shape index (κ3) is 5.76. The Kier molecular flexibility index (Phi) is 11.7. The van der Waals surface area contributed by atoms with Gasteiger partial charge in [-0.25, -0.2) is 15.0 Å². The van der Waals surface area contributed by atoms with Crippen LogP contribution < -0.4 is 37.2 Å². The molecule has 0 aliphatic carbocycles. The maximum Gasteiger partial charge on any atom is 3.00 e. The molecular formula is C19H27Cl3FeN3O2. The fraction of sp³-hybridized carbons (Fsp3) is 0.632. The fourth-order valence-electron chi connectivity index (χ4n) is 2.55. The maximum absolute atomic E-state index is 5.82. The van der Waals surface area contributed by atoms with Crippen LogP contribution in [-0.4, -0.2) is 41.1 Å². The normalized spacial score (nSPS) is 25.3. The minimum atomic E-state index is -0.190. The zero-order chi connectivity index (χ0) is 17.5. The van der Waals surface area contributed by atoms with Crippen LogP contribution in [0.2, 0.25) is 0 Å². The van der Waals surface area contributed by atoms with E-state index in [-0.39, 0.29) is 65.4 Å². The van der Waals surface area contributed by atoms with E-state index in [1.165, 1.54) is 0 Å². The van der Waals surface area contributed by atoms with Gasteiger partial charge in [-0.2, -0.15) is 0 Å². The molecule has 1 aromatic rings. The van der Waals surface area contributed by atoms with E-state index in [2.05, 4.69) is 46.5 Å². The van der Waals surface area contributed by atoms with Crippen LogP contribution in [0.3, 0.4) is 0 Å². The van der Waals surface area contributed by atoms with Gasteiger partial charge in [0, 0.05) is 0 Å². The number of aliphatic imine (C=N–C) groups is 2. The average molecular weight is 492 g/mol. The Morgan fingerprint density at radius 1 is 0.786 bits per heavy atom. The summed E-state index contributed by atoms with van der Waals surface area (Å²) in [5.74, 6) is 2.04. The molecule has 0 bridgehead atoms. The van der Waals surface area contributed by atoms with Crippen LogP contribution in [0.25, 0.3) is 0 Å². The first-order valence-corrected chi connectivity index (χ1v) is 8.67. The first-order valence-electron chi connectivity index (χ1n) is 8.67. The van der Waals surface area contributed by atoms with Crippen molar-refractivity contribution in [3.05, 3.63) is 29.6 Å². The largest absolute Gasteiger partial charge is 3.00 e. The second-order valence-corrected chi connectivity index (χ2v) is 7.84. The quantitative estimate of drug-likeness (QED) is 0.395. The average Bonchev–Trinajstić information content (AvgIpc) is 3.13. The Morgan fingerprint density at radius 2 is 1.14 bits per heavy atom. The molecule has 3 rings (SSSR count). The molecule has 28 heavy (non-hydrogen) atoms. The van der Waals surface area contributed by atoms with E-state index in [9.17, 15) is 0 Å². The summed E-state index contributed by atoms with van der Waals surface area (Å²) in [6.07, 6.45) is 0. The van der Waals surface area contributed by atoms with Gasteiger partial charge in [-0.3, -0.25) is 0 Å². The third-order valence-electron chi connectivity index (χ3n) is 5.39. The number of hydrogen-bond acceptors (Lipinski definition) is 5. The molecule has 0 saturated carbocycles. The van der Waals surface area contributed by atoms with Crippen LogP contribution in [-0.2, 0) is 26.5 Å². The molecule has 0 spiro atoms. The molecule has 0 N–H and O–H groups in total. The van der Waals surface area contributed by atoms with Gasteiger partial charge in [-0.05, 0) is 37.8 Å². The zero-order valence-electron chi connectivity index (χ0n) is 16.9. The summed E-state index contributed by atoms with van der Waals surface area (Å²) in [5.41, 5.74) is 1.09. The molecule has 0 saturated heterocycles. The van der Waals surface area contributed by atoms with E-state index < -0.39 is 0 Å². The van der Waals surface area contributed by atoms with Gasteiger partial charge in [0.15, 0.2) is 0 Å². The summed E-state index contributed by atoms with van der Waals surface area (Å²) in [4.78, 5) is 14.2. The molecule has 9 heteroatoms. The molecule has 5 nitrogen and oxygen atoms in total. The maximum atomic E-state index is 5.82. The standard InChI is InChI=1S/C19H27N3O2.3ClH.Fe/c1-12(2)18(5)10-23-16(21-18)14-8-7-9-15(20-14)17-22-19(6,11-24-17)13(3)4;;;;/h7-9,12-13H,10-11H2,1-6H3;3*1H;/q;;;;+3/p-3/t18-,19-;;;;/m1..../s1. The van der Waals surface area contributed by atoms with Crippen molar-refractivity contribution in [1.82, 2.24) is 4.98 Å². The summed E-state index contributed by atoms with van der Waals surface area (Å²) in [6.45, 7) is 14.1. The third-order valence-corrected chi connectivity index (χ3v) is 5.39. The Balaban J connectivity index is 0. The van der Waals surface area contributed by atoms with Crippen LogP contribution in [0.5, 0.6) is 0 Å². The van der Waals surface area contributed by atoms with Gasteiger partial charge in [0.2, 0.25) is 11.8 Å². The van der Waals surface area contributed by atoms with Gasteiger partial charge in [0.25, 0.3) is 0 Å². The topological polar surface area (TPSA) is 56.1 Å². The molecule has 0 aromatic carbocycles. The minimum absolute atomic E-state index is 0. The summed E-state index contributed by atoms with van der Waals surface area (Å²) >= 11 is 0. The van der Waals surface area contributed by atoms with Crippen molar-refractivity contribution in [3.63, 3.8) is 0 Å². The molecule has 2 aliphatic rings. The Hall–Kier alpha value is -0.521. The molecule has 2 aliphatic heterocycles. The number of aromatic nitrogens is 1. The molecule has 0 fully saturated rings. The molecule has 1 radical (unpaired) electrons. The van der Waals surface area contributed by atoms with E-state index in [0.717, 1.165) is 11.4 Å². The smallest absolute Gasteiger partial charge is 1.00 e. The number of pyridine rings is 1. The van der Waals surface area contributed by atoms with Crippen molar-refractivity contribution in [3.8, 4) is 0 Å². The number of nitrogens with zero attached hydrogens (tertiary/aromatic N) is 3. The summed E-state index contributed by atoms with van der Waals surface area (Å²) in [6, 6.07) is 5.79.